The van der Waals surface area contributed by atoms with Crippen LogP contribution in [-0.2, 0) is 0 Å². The topological polar surface area (TPSA) is 37.6 Å². The lowest BCUT2D eigenvalue weighted by atomic mass is 9.96. The molecule has 0 amide bonds. The standard InChI is InChI=1S/C14H17N3O/c1-16-7-4-11(5-8-16)14-15-9-13-12(10-18)3-2-6-17(13)14/h2-3,6,9-11H,4-5,7-8H2,1H3. The van der Waals surface area contributed by atoms with Crippen LogP contribution in [0.4, 0.5) is 0 Å². The van der Waals surface area contributed by atoms with E-state index in [0.29, 0.717) is 11.5 Å². The van der Waals surface area contributed by atoms with Crippen LogP contribution >= 0.6 is 0 Å². The Morgan fingerprint density at radius 2 is 2.17 bits per heavy atom. The highest BCUT2D eigenvalue weighted by atomic mass is 16.1. The SMILES string of the molecule is CN1CCC(c2ncc3c(C=O)cccn23)CC1. The predicted molar refractivity (Wildman–Crippen MR) is 70.1 cm³/mol. The maximum atomic E-state index is 11.0. The predicted octanol–water partition coefficient (Wildman–Crippen LogP) is 1.96. The number of imidazole rings is 1. The molecule has 94 valence electrons. The molecule has 3 heterocycles. The van der Waals surface area contributed by atoms with Crippen LogP contribution in [-0.4, -0.2) is 40.7 Å². The van der Waals surface area contributed by atoms with Crippen molar-refractivity contribution in [2.75, 3.05) is 20.1 Å². The van der Waals surface area contributed by atoms with Gasteiger partial charge in [0.15, 0.2) is 6.29 Å². The third kappa shape index (κ3) is 1.82. The molecule has 0 radical (unpaired) electrons. The second-order valence-corrected chi connectivity index (χ2v) is 5.03. The van der Waals surface area contributed by atoms with Crippen molar-refractivity contribution in [3.05, 3.63) is 35.9 Å². The van der Waals surface area contributed by atoms with E-state index in [1.807, 2.05) is 24.5 Å². The maximum absolute atomic E-state index is 11.0. The fourth-order valence-electron chi connectivity index (χ4n) is 2.73. The molecule has 1 saturated heterocycles. The van der Waals surface area contributed by atoms with E-state index in [1.165, 1.54) is 0 Å². The normalized spacial score (nSPS) is 18.3. The summed E-state index contributed by atoms with van der Waals surface area (Å²) in [6.07, 6.45) is 7.00. The zero-order valence-electron chi connectivity index (χ0n) is 10.5. The first-order valence-electron chi connectivity index (χ1n) is 6.39. The van der Waals surface area contributed by atoms with E-state index in [1.54, 1.807) is 0 Å². The quantitative estimate of drug-likeness (QED) is 0.757. The fourth-order valence-corrected chi connectivity index (χ4v) is 2.73. The lowest BCUT2D eigenvalue weighted by molar-refractivity contribution is 0.112. The molecule has 1 aliphatic heterocycles. The molecule has 0 N–H and O–H groups in total. The summed E-state index contributed by atoms with van der Waals surface area (Å²) in [7, 11) is 2.16. The van der Waals surface area contributed by atoms with Gasteiger partial charge in [0.25, 0.3) is 0 Å². The summed E-state index contributed by atoms with van der Waals surface area (Å²) >= 11 is 0. The summed E-state index contributed by atoms with van der Waals surface area (Å²) in [5.41, 5.74) is 1.63. The third-order valence-electron chi connectivity index (χ3n) is 3.84. The lowest BCUT2D eigenvalue weighted by Gasteiger charge is -2.28. The Balaban J connectivity index is 2.00. The van der Waals surface area contributed by atoms with Crippen LogP contribution in [0, 0.1) is 0 Å². The second-order valence-electron chi connectivity index (χ2n) is 5.03. The van der Waals surface area contributed by atoms with Gasteiger partial charge in [-0.15, -0.1) is 0 Å². The molecule has 2 aromatic rings. The number of fused-ring (bicyclic) bond motifs is 1. The number of hydrogen-bond acceptors (Lipinski definition) is 3. The molecule has 18 heavy (non-hydrogen) atoms. The summed E-state index contributed by atoms with van der Waals surface area (Å²) in [5.74, 6) is 1.60. The van der Waals surface area contributed by atoms with Gasteiger partial charge in [0.1, 0.15) is 5.82 Å². The Labute approximate surface area is 106 Å². The van der Waals surface area contributed by atoms with Gasteiger partial charge in [-0.1, -0.05) is 0 Å². The summed E-state index contributed by atoms with van der Waals surface area (Å²) in [6.45, 7) is 2.24. The number of aldehydes is 1. The Morgan fingerprint density at radius 1 is 1.39 bits per heavy atom. The third-order valence-corrected chi connectivity index (χ3v) is 3.84. The van der Waals surface area contributed by atoms with Crippen LogP contribution in [0.2, 0.25) is 0 Å². The van der Waals surface area contributed by atoms with Crippen LogP contribution < -0.4 is 0 Å². The monoisotopic (exact) mass is 243 g/mol. The van der Waals surface area contributed by atoms with Gasteiger partial charge in [0.05, 0.1) is 11.7 Å². The fraction of sp³-hybridized carbons (Fsp3) is 0.429. The largest absolute Gasteiger partial charge is 0.306 e. The first kappa shape index (κ1) is 11.4. The Kier molecular flexibility index (Phi) is 2.88. The minimum absolute atomic E-state index is 0.505. The van der Waals surface area contributed by atoms with Gasteiger partial charge in [0, 0.05) is 17.7 Å². The highest BCUT2D eigenvalue weighted by molar-refractivity contribution is 5.85. The van der Waals surface area contributed by atoms with Gasteiger partial charge >= 0.3 is 0 Å². The molecule has 3 rings (SSSR count). The molecular weight excluding hydrogens is 226 g/mol. The molecule has 0 aliphatic carbocycles. The van der Waals surface area contributed by atoms with Crippen molar-refractivity contribution in [1.29, 1.82) is 0 Å². The van der Waals surface area contributed by atoms with Crippen molar-refractivity contribution in [1.82, 2.24) is 14.3 Å². The first-order valence-corrected chi connectivity index (χ1v) is 6.39. The van der Waals surface area contributed by atoms with Gasteiger partial charge < -0.3 is 9.30 Å². The molecule has 0 aromatic carbocycles. The summed E-state index contributed by atoms with van der Waals surface area (Å²) in [6, 6.07) is 3.75. The second kappa shape index (κ2) is 4.53. The highest BCUT2D eigenvalue weighted by Gasteiger charge is 2.22. The number of aromatic nitrogens is 2. The molecule has 2 aromatic heterocycles. The van der Waals surface area contributed by atoms with Crippen LogP contribution in [0.5, 0.6) is 0 Å². The lowest BCUT2D eigenvalue weighted by Crippen LogP contribution is -2.29. The van der Waals surface area contributed by atoms with Crippen LogP contribution in [0.25, 0.3) is 5.52 Å². The number of hydrogen-bond donors (Lipinski definition) is 0. The highest BCUT2D eigenvalue weighted by Crippen LogP contribution is 2.27. The number of carbonyl (C=O) groups is 1. The van der Waals surface area contributed by atoms with E-state index in [4.69, 9.17) is 0 Å². The zero-order chi connectivity index (χ0) is 12.5. The minimum atomic E-state index is 0.505. The number of rotatable bonds is 2. The molecule has 1 aliphatic rings. The van der Waals surface area contributed by atoms with Gasteiger partial charge in [-0.2, -0.15) is 0 Å². The molecule has 0 spiro atoms. The first-order chi connectivity index (χ1) is 8.79. The van der Waals surface area contributed by atoms with Crippen molar-refractivity contribution in [2.45, 2.75) is 18.8 Å². The van der Waals surface area contributed by atoms with Gasteiger partial charge in [-0.05, 0) is 45.1 Å². The molecule has 0 unspecified atom stereocenters. The van der Waals surface area contributed by atoms with Gasteiger partial charge in [-0.25, -0.2) is 4.98 Å². The number of pyridine rings is 1. The number of piperidine rings is 1. The molecule has 4 nitrogen and oxygen atoms in total. The van der Waals surface area contributed by atoms with E-state index < -0.39 is 0 Å². The van der Waals surface area contributed by atoms with Crippen molar-refractivity contribution in [2.24, 2.45) is 0 Å². The molecule has 1 fully saturated rings. The van der Waals surface area contributed by atoms with Gasteiger partial charge in [0.2, 0.25) is 0 Å². The summed E-state index contributed by atoms with van der Waals surface area (Å²) < 4.78 is 2.07. The average molecular weight is 243 g/mol. The molecule has 0 bridgehead atoms. The minimum Gasteiger partial charge on any atom is -0.306 e. The molecule has 4 heteroatoms. The van der Waals surface area contributed by atoms with Crippen molar-refractivity contribution in [3.63, 3.8) is 0 Å². The van der Waals surface area contributed by atoms with E-state index in [0.717, 1.165) is 43.6 Å². The van der Waals surface area contributed by atoms with E-state index >= 15 is 0 Å². The van der Waals surface area contributed by atoms with Gasteiger partial charge in [-0.3, -0.25) is 4.79 Å². The smallest absolute Gasteiger partial charge is 0.152 e. The van der Waals surface area contributed by atoms with Crippen molar-refractivity contribution < 1.29 is 4.79 Å². The Hall–Kier alpha value is -1.68. The van der Waals surface area contributed by atoms with Crippen LogP contribution in [0.3, 0.4) is 0 Å². The maximum Gasteiger partial charge on any atom is 0.152 e. The van der Waals surface area contributed by atoms with Crippen LogP contribution in [0.15, 0.2) is 24.5 Å². The van der Waals surface area contributed by atoms with Crippen molar-refractivity contribution >= 4 is 11.8 Å². The zero-order valence-corrected chi connectivity index (χ0v) is 10.5. The number of carbonyl (C=O) groups excluding carboxylic acids is 1. The molecule has 0 saturated carbocycles. The van der Waals surface area contributed by atoms with E-state index in [9.17, 15) is 4.79 Å². The number of nitrogens with zero attached hydrogens (tertiary/aromatic N) is 3. The molecule has 0 atom stereocenters. The average Bonchev–Trinajstić information content (AvgIpc) is 2.83. The summed E-state index contributed by atoms with van der Waals surface area (Å²) in [5, 5.41) is 0. The van der Waals surface area contributed by atoms with E-state index in [2.05, 4.69) is 21.3 Å². The summed E-state index contributed by atoms with van der Waals surface area (Å²) in [4.78, 5) is 17.9. The molecular formula is C14H17N3O. The number of likely N-dealkylation sites (tertiary alicyclic amines) is 1. The Morgan fingerprint density at radius 3 is 2.89 bits per heavy atom. The van der Waals surface area contributed by atoms with E-state index in [-0.39, 0.29) is 0 Å². The van der Waals surface area contributed by atoms with Crippen molar-refractivity contribution in [3.8, 4) is 0 Å². The van der Waals surface area contributed by atoms with Crippen LogP contribution in [0.1, 0.15) is 34.9 Å². The Bertz CT molecular complexity index is 567.